The van der Waals surface area contributed by atoms with Gasteiger partial charge in [0, 0.05) is 12.7 Å². The zero-order valence-electron chi connectivity index (χ0n) is 12.6. The first-order valence-corrected chi connectivity index (χ1v) is 6.72. The van der Waals surface area contributed by atoms with Crippen LogP contribution >= 0.6 is 0 Å². The molecule has 2 aromatic heterocycles. The van der Waals surface area contributed by atoms with Crippen molar-refractivity contribution in [1.29, 1.82) is 0 Å². The van der Waals surface area contributed by atoms with Gasteiger partial charge in [0.1, 0.15) is 0 Å². The van der Waals surface area contributed by atoms with E-state index >= 15 is 0 Å². The minimum atomic E-state index is 0.299. The van der Waals surface area contributed by atoms with E-state index in [1.165, 1.54) is 5.56 Å². The maximum absolute atomic E-state index is 5.37. The number of aryl methyl sites for hydroxylation is 1. The van der Waals surface area contributed by atoms with Crippen LogP contribution in [-0.2, 0) is 6.42 Å². The number of rotatable bonds is 5. The number of nitrogens with zero attached hydrogens (tertiary/aromatic N) is 5. The lowest BCUT2D eigenvalue weighted by Gasteiger charge is -2.08. The van der Waals surface area contributed by atoms with Crippen molar-refractivity contribution in [1.82, 2.24) is 24.7 Å². The summed E-state index contributed by atoms with van der Waals surface area (Å²) in [4.78, 5) is 12.8. The first-order valence-electron chi connectivity index (χ1n) is 6.72. The third kappa shape index (κ3) is 2.56. The molecule has 0 atom stereocenters. The average molecular weight is 276 g/mol. The molecule has 0 radical (unpaired) electrons. The van der Waals surface area contributed by atoms with Crippen LogP contribution in [0.5, 0.6) is 6.01 Å². The average Bonchev–Trinajstić information content (AvgIpc) is 2.73. The molecule has 1 N–H and O–H groups in total. The lowest BCUT2D eigenvalue weighted by Crippen LogP contribution is -2.11. The molecule has 2 heterocycles. The van der Waals surface area contributed by atoms with E-state index in [9.17, 15) is 0 Å². The number of aromatic nitrogens is 5. The van der Waals surface area contributed by atoms with Crippen LogP contribution in [0.4, 0.5) is 5.95 Å². The highest BCUT2D eigenvalue weighted by Crippen LogP contribution is 2.18. The molecule has 0 amide bonds. The largest absolute Gasteiger partial charge is 0.464 e. The Bertz CT molecular complexity index is 607. The summed E-state index contributed by atoms with van der Waals surface area (Å²) < 4.78 is 7.11. The van der Waals surface area contributed by atoms with Gasteiger partial charge in [-0.05, 0) is 32.8 Å². The number of hydrogen-bond donors (Lipinski definition) is 1. The summed E-state index contributed by atoms with van der Waals surface area (Å²) in [6.45, 7) is 8.51. The van der Waals surface area contributed by atoms with E-state index in [0.29, 0.717) is 24.5 Å². The Morgan fingerprint density at radius 3 is 2.45 bits per heavy atom. The van der Waals surface area contributed by atoms with E-state index in [1.54, 1.807) is 11.7 Å². The van der Waals surface area contributed by atoms with E-state index in [-0.39, 0.29) is 0 Å². The van der Waals surface area contributed by atoms with Crippen LogP contribution in [0.1, 0.15) is 30.8 Å². The smallest absolute Gasteiger partial charge is 0.323 e. The third-order valence-corrected chi connectivity index (χ3v) is 3.08. The molecule has 7 nitrogen and oxygen atoms in total. The molecular formula is C13H20N6O. The molecule has 7 heteroatoms. The summed E-state index contributed by atoms with van der Waals surface area (Å²) in [6.07, 6.45) is 0.931. The van der Waals surface area contributed by atoms with E-state index in [0.717, 1.165) is 17.8 Å². The molecule has 0 spiro atoms. The molecular weight excluding hydrogens is 256 g/mol. The third-order valence-electron chi connectivity index (χ3n) is 3.08. The fourth-order valence-corrected chi connectivity index (χ4v) is 2.13. The fourth-order valence-electron chi connectivity index (χ4n) is 2.13. The minimum Gasteiger partial charge on any atom is -0.464 e. The minimum absolute atomic E-state index is 0.299. The monoisotopic (exact) mass is 276 g/mol. The standard InChI is InChI=1S/C13H20N6O/c1-6-10-8(3)18-19(9(10)4)12-15-11(14-5)16-13(17-12)20-7-2/h6-7H2,1-5H3,(H,14,15,16,17). The van der Waals surface area contributed by atoms with Crippen LogP contribution in [0.15, 0.2) is 0 Å². The first kappa shape index (κ1) is 14.2. The van der Waals surface area contributed by atoms with Crippen LogP contribution in [0.25, 0.3) is 5.95 Å². The van der Waals surface area contributed by atoms with Crippen LogP contribution in [0.3, 0.4) is 0 Å². The molecule has 20 heavy (non-hydrogen) atoms. The van der Waals surface area contributed by atoms with Crippen molar-refractivity contribution < 1.29 is 4.74 Å². The van der Waals surface area contributed by atoms with Crippen molar-refractivity contribution in [3.8, 4) is 12.0 Å². The maximum atomic E-state index is 5.37. The van der Waals surface area contributed by atoms with Gasteiger partial charge in [0.15, 0.2) is 0 Å². The highest BCUT2D eigenvalue weighted by atomic mass is 16.5. The van der Waals surface area contributed by atoms with Crippen LogP contribution < -0.4 is 10.1 Å². The predicted octanol–water partition coefficient (Wildman–Crippen LogP) is 1.68. The molecule has 0 bridgehead atoms. The van der Waals surface area contributed by atoms with Crippen molar-refractivity contribution in [3.05, 3.63) is 17.0 Å². The van der Waals surface area contributed by atoms with E-state index in [1.807, 2.05) is 20.8 Å². The van der Waals surface area contributed by atoms with Gasteiger partial charge in [-0.25, -0.2) is 4.68 Å². The van der Waals surface area contributed by atoms with Crippen LogP contribution in [0, 0.1) is 13.8 Å². The Morgan fingerprint density at radius 1 is 1.15 bits per heavy atom. The Balaban J connectivity index is 2.54. The van der Waals surface area contributed by atoms with E-state index in [4.69, 9.17) is 4.74 Å². The Labute approximate surface area is 118 Å². The lowest BCUT2D eigenvalue weighted by molar-refractivity contribution is 0.311. The van der Waals surface area contributed by atoms with E-state index in [2.05, 4.69) is 32.3 Å². The van der Waals surface area contributed by atoms with E-state index < -0.39 is 0 Å². The SMILES string of the molecule is CCOc1nc(NC)nc(-n2nc(C)c(CC)c2C)n1. The molecule has 2 rings (SSSR count). The zero-order chi connectivity index (χ0) is 14.7. The molecule has 0 saturated carbocycles. The summed E-state index contributed by atoms with van der Waals surface area (Å²) in [5.74, 6) is 0.928. The van der Waals surface area contributed by atoms with Crippen molar-refractivity contribution in [2.24, 2.45) is 0 Å². The molecule has 0 aliphatic rings. The molecule has 0 fully saturated rings. The quantitative estimate of drug-likeness (QED) is 0.895. The Kier molecular flexibility index (Phi) is 4.16. The fraction of sp³-hybridized carbons (Fsp3) is 0.538. The topological polar surface area (TPSA) is 77.8 Å². The van der Waals surface area contributed by atoms with Gasteiger partial charge in [-0.3, -0.25) is 0 Å². The van der Waals surface area contributed by atoms with Crippen molar-refractivity contribution >= 4 is 5.95 Å². The summed E-state index contributed by atoms with van der Waals surface area (Å²) in [6, 6.07) is 0.299. The normalized spacial score (nSPS) is 10.7. The van der Waals surface area contributed by atoms with Gasteiger partial charge in [0.2, 0.25) is 5.95 Å². The first-order chi connectivity index (χ1) is 9.60. The number of anilines is 1. The van der Waals surface area contributed by atoms with Gasteiger partial charge in [0.25, 0.3) is 5.95 Å². The second-order valence-electron chi connectivity index (χ2n) is 4.34. The van der Waals surface area contributed by atoms with Gasteiger partial charge >= 0.3 is 6.01 Å². The predicted molar refractivity (Wildman–Crippen MR) is 76.5 cm³/mol. The zero-order valence-corrected chi connectivity index (χ0v) is 12.6. The van der Waals surface area contributed by atoms with Gasteiger partial charge in [-0.2, -0.15) is 20.1 Å². The number of nitrogens with one attached hydrogen (secondary N) is 1. The summed E-state index contributed by atoms with van der Waals surface area (Å²) in [5.41, 5.74) is 3.25. The number of hydrogen-bond acceptors (Lipinski definition) is 6. The van der Waals surface area contributed by atoms with Gasteiger partial charge in [-0.1, -0.05) is 6.92 Å². The van der Waals surface area contributed by atoms with Crippen LogP contribution in [0.2, 0.25) is 0 Å². The molecule has 108 valence electrons. The van der Waals surface area contributed by atoms with Crippen molar-refractivity contribution in [2.45, 2.75) is 34.1 Å². The molecule has 0 aliphatic carbocycles. The molecule has 0 saturated heterocycles. The Morgan fingerprint density at radius 2 is 1.90 bits per heavy atom. The second kappa shape index (κ2) is 5.85. The second-order valence-corrected chi connectivity index (χ2v) is 4.34. The van der Waals surface area contributed by atoms with Crippen molar-refractivity contribution in [3.63, 3.8) is 0 Å². The van der Waals surface area contributed by atoms with Gasteiger partial charge in [0.05, 0.1) is 12.3 Å². The van der Waals surface area contributed by atoms with Crippen LogP contribution in [-0.4, -0.2) is 38.4 Å². The highest BCUT2D eigenvalue weighted by Gasteiger charge is 2.15. The molecule has 0 aliphatic heterocycles. The number of ether oxygens (including phenoxy) is 1. The maximum Gasteiger partial charge on any atom is 0.323 e. The summed E-state index contributed by atoms with van der Waals surface area (Å²) in [7, 11) is 1.76. The lowest BCUT2D eigenvalue weighted by atomic mass is 10.1. The van der Waals surface area contributed by atoms with Gasteiger partial charge in [-0.15, -0.1) is 0 Å². The molecule has 0 aromatic carbocycles. The summed E-state index contributed by atoms with van der Waals surface area (Å²) >= 11 is 0. The van der Waals surface area contributed by atoms with Gasteiger partial charge < -0.3 is 10.1 Å². The highest BCUT2D eigenvalue weighted by molar-refractivity contribution is 5.33. The summed E-state index contributed by atoms with van der Waals surface area (Å²) in [5, 5.41) is 7.42. The molecule has 2 aromatic rings. The van der Waals surface area contributed by atoms with Crippen molar-refractivity contribution in [2.75, 3.05) is 19.0 Å². The molecule has 0 unspecified atom stereocenters. The Hall–Kier alpha value is -2.18.